The van der Waals surface area contributed by atoms with Crippen molar-refractivity contribution >= 4 is 45.0 Å². The van der Waals surface area contributed by atoms with Gasteiger partial charge in [-0.25, -0.2) is 4.39 Å². The third kappa shape index (κ3) is 2.59. The third-order valence-corrected chi connectivity index (χ3v) is 6.06. The highest BCUT2D eigenvalue weighted by molar-refractivity contribution is 9.10. The van der Waals surface area contributed by atoms with Gasteiger partial charge in [0.05, 0.1) is 34.2 Å². The predicted molar refractivity (Wildman–Crippen MR) is 93.0 cm³/mol. The van der Waals surface area contributed by atoms with Crippen LogP contribution in [0.5, 0.6) is 0 Å². The molecule has 1 fully saturated rings. The quantitative estimate of drug-likeness (QED) is 0.715. The second-order valence-corrected chi connectivity index (χ2v) is 7.81. The second-order valence-electron chi connectivity index (χ2n) is 5.97. The van der Waals surface area contributed by atoms with Crippen LogP contribution >= 0.6 is 27.7 Å². The Bertz CT molecular complexity index is 820. The highest BCUT2D eigenvalue weighted by atomic mass is 79.9. The van der Waals surface area contributed by atoms with Crippen molar-refractivity contribution in [3.05, 3.63) is 45.3 Å². The van der Waals surface area contributed by atoms with E-state index in [0.29, 0.717) is 33.9 Å². The van der Waals surface area contributed by atoms with E-state index >= 15 is 0 Å². The van der Waals surface area contributed by atoms with Gasteiger partial charge in [-0.05, 0) is 33.6 Å². The maximum Gasteiger partial charge on any atom is 0.171 e. The van der Waals surface area contributed by atoms with Crippen molar-refractivity contribution in [3.8, 4) is 0 Å². The topological polar surface area (TPSA) is 55.7 Å². The normalized spacial score (nSPS) is 26.8. The highest BCUT2D eigenvalue weighted by Gasteiger charge is 2.45. The molecule has 1 aromatic rings. The molecular formula is C17H13BrFNO3S. The summed E-state index contributed by atoms with van der Waals surface area (Å²) >= 11 is 4.72. The molecule has 0 N–H and O–H groups in total. The minimum Gasteiger partial charge on any atom is -0.368 e. The molecule has 1 aromatic carbocycles. The first-order valence-electron chi connectivity index (χ1n) is 7.53. The number of nitrogens with zero attached hydrogens (tertiary/aromatic N) is 1. The maximum absolute atomic E-state index is 13.6. The summed E-state index contributed by atoms with van der Waals surface area (Å²) in [7, 11) is 0. The molecule has 3 heterocycles. The number of halogens is 2. The summed E-state index contributed by atoms with van der Waals surface area (Å²) < 4.78 is 19.3. The van der Waals surface area contributed by atoms with Crippen LogP contribution in [0.4, 0.5) is 4.39 Å². The fraction of sp³-hybridized carbons (Fsp3) is 0.353. The van der Waals surface area contributed by atoms with Gasteiger partial charge < -0.3 is 4.74 Å². The monoisotopic (exact) mass is 409 g/mol. The number of fused-ring (bicyclic) bond motifs is 1. The van der Waals surface area contributed by atoms with Crippen LogP contribution in [0.25, 0.3) is 0 Å². The number of ether oxygens (including phenoxy) is 1. The molecule has 7 heteroatoms. The van der Waals surface area contributed by atoms with Crippen LogP contribution in [-0.2, 0) is 14.3 Å². The van der Waals surface area contributed by atoms with Crippen molar-refractivity contribution in [3.63, 3.8) is 0 Å². The molecular weight excluding hydrogens is 397 g/mol. The van der Waals surface area contributed by atoms with Gasteiger partial charge in [-0.2, -0.15) is 0 Å². The molecule has 0 radical (unpaired) electrons. The van der Waals surface area contributed by atoms with Crippen LogP contribution in [0.2, 0.25) is 0 Å². The number of aliphatic imine (C=N–C) groups is 1. The van der Waals surface area contributed by atoms with Crippen LogP contribution in [0.1, 0.15) is 11.5 Å². The second kappa shape index (κ2) is 6.20. The highest BCUT2D eigenvalue weighted by Crippen LogP contribution is 2.44. The molecule has 3 aliphatic heterocycles. The van der Waals surface area contributed by atoms with Gasteiger partial charge in [0.1, 0.15) is 12.4 Å². The van der Waals surface area contributed by atoms with Crippen LogP contribution in [0, 0.1) is 11.7 Å². The zero-order chi connectivity index (χ0) is 16.8. The molecule has 4 nitrogen and oxygen atoms in total. The summed E-state index contributed by atoms with van der Waals surface area (Å²) in [6.07, 6.45) is 0. The van der Waals surface area contributed by atoms with Crippen molar-refractivity contribution in [1.29, 1.82) is 0 Å². The average Bonchev–Trinajstić information content (AvgIpc) is 2.56. The van der Waals surface area contributed by atoms with E-state index in [2.05, 4.69) is 20.9 Å². The molecule has 4 rings (SSSR count). The number of hydrogen-bond acceptors (Lipinski definition) is 5. The van der Waals surface area contributed by atoms with Crippen LogP contribution in [-0.4, -0.2) is 42.0 Å². The van der Waals surface area contributed by atoms with Crippen molar-refractivity contribution in [2.75, 3.05) is 24.7 Å². The van der Waals surface area contributed by atoms with Gasteiger partial charge in [-0.1, -0.05) is 6.07 Å². The molecule has 2 atom stereocenters. The van der Waals surface area contributed by atoms with Crippen molar-refractivity contribution in [2.24, 2.45) is 10.9 Å². The fourth-order valence-corrected chi connectivity index (χ4v) is 4.76. The molecule has 0 spiro atoms. The van der Waals surface area contributed by atoms with Gasteiger partial charge in [0.15, 0.2) is 11.6 Å². The van der Waals surface area contributed by atoms with E-state index < -0.39 is 11.8 Å². The Labute approximate surface area is 150 Å². The number of carbonyl (C=O) groups excluding carboxylic acids is 2. The lowest BCUT2D eigenvalue weighted by Gasteiger charge is -2.37. The van der Waals surface area contributed by atoms with Crippen molar-refractivity contribution in [1.82, 2.24) is 0 Å². The molecule has 1 saturated heterocycles. The molecule has 0 aromatic heterocycles. The van der Waals surface area contributed by atoms with E-state index in [0.717, 1.165) is 11.3 Å². The van der Waals surface area contributed by atoms with E-state index in [1.807, 2.05) is 0 Å². The van der Waals surface area contributed by atoms with E-state index in [9.17, 15) is 14.0 Å². The number of hydrogen-bond donors (Lipinski definition) is 0. The number of carbonyl (C=O) groups is 2. The molecule has 0 amide bonds. The number of allylic oxidation sites excluding steroid dienone is 1. The lowest BCUT2D eigenvalue weighted by molar-refractivity contribution is -0.127. The molecule has 124 valence electrons. The fourth-order valence-electron chi connectivity index (χ4n) is 3.51. The van der Waals surface area contributed by atoms with Gasteiger partial charge in [0.25, 0.3) is 0 Å². The van der Waals surface area contributed by atoms with Crippen molar-refractivity contribution < 1.29 is 18.7 Å². The summed E-state index contributed by atoms with van der Waals surface area (Å²) in [4.78, 5) is 29.6. The first-order valence-corrected chi connectivity index (χ1v) is 9.48. The molecule has 2 unspecified atom stereocenters. The van der Waals surface area contributed by atoms with E-state index in [4.69, 9.17) is 4.74 Å². The minimum atomic E-state index is -0.498. The number of rotatable bonds is 1. The summed E-state index contributed by atoms with van der Waals surface area (Å²) in [6, 6.07) is 4.67. The molecule has 0 bridgehead atoms. The summed E-state index contributed by atoms with van der Waals surface area (Å²) in [6.45, 7) is 0.318. The molecule has 3 aliphatic rings. The number of benzene rings is 1. The Morgan fingerprint density at radius 2 is 2.04 bits per heavy atom. The summed E-state index contributed by atoms with van der Waals surface area (Å²) in [5.74, 6) is -0.320. The first kappa shape index (κ1) is 16.2. The predicted octanol–water partition coefficient (Wildman–Crippen LogP) is 2.91. The average molecular weight is 410 g/mol. The Hall–Kier alpha value is -1.31. The van der Waals surface area contributed by atoms with Gasteiger partial charge in [-0.15, -0.1) is 11.8 Å². The van der Waals surface area contributed by atoms with Gasteiger partial charge >= 0.3 is 0 Å². The molecule has 24 heavy (non-hydrogen) atoms. The lowest BCUT2D eigenvalue weighted by Crippen LogP contribution is -2.44. The van der Waals surface area contributed by atoms with E-state index in [1.54, 1.807) is 12.1 Å². The number of Topliss-reactive ketones (excluding diaryl/α,β-unsaturated/α-hetero) is 2. The van der Waals surface area contributed by atoms with E-state index in [1.165, 1.54) is 17.8 Å². The van der Waals surface area contributed by atoms with Crippen LogP contribution < -0.4 is 0 Å². The maximum atomic E-state index is 13.6. The standard InChI is InChI=1S/C17H13BrFNO3S/c18-9-3-8(1-2-10(9)19)15-16-11(4-23-5-13(16)21)20-12-6-24-7-14(22)17(12)15/h1-3,15-16H,4-7H2. The lowest BCUT2D eigenvalue weighted by atomic mass is 9.72. The van der Waals surface area contributed by atoms with Gasteiger partial charge in [0, 0.05) is 17.2 Å². The van der Waals surface area contributed by atoms with Gasteiger partial charge in [0.2, 0.25) is 0 Å². The van der Waals surface area contributed by atoms with Crippen LogP contribution in [0.3, 0.4) is 0 Å². The largest absolute Gasteiger partial charge is 0.368 e. The smallest absolute Gasteiger partial charge is 0.171 e. The van der Waals surface area contributed by atoms with E-state index in [-0.39, 0.29) is 24.0 Å². The Morgan fingerprint density at radius 3 is 2.83 bits per heavy atom. The zero-order valence-corrected chi connectivity index (χ0v) is 15.0. The van der Waals surface area contributed by atoms with Crippen molar-refractivity contribution in [2.45, 2.75) is 5.92 Å². The SMILES string of the molecule is O=C1CSCC2=C1C(c1ccc(F)c(Br)c1)C1C(=O)COCC1=N2. The summed E-state index contributed by atoms with van der Waals surface area (Å²) in [5, 5.41) is 0. The summed E-state index contributed by atoms with van der Waals surface area (Å²) in [5.41, 5.74) is 2.76. The minimum absolute atomic E-state index is 0.00814. The Balaban J connectivity index is 1.91. The zero-order valence-electron chi connectivity index (χ0n) is 12.6. The Morgan fingerprint density at radius 1 is 1.21 bits per heavy atom. The molecule has 0 saturated carbocycles. The van der Waals surface area contributed by atoms with Crippen LogP contribution in [0.15, 0.2) is 38.9 Å². The first-order chi connectivity index (χ1) is 11.6. The van der Waals surface area contributed by atoms with Gasteiger partial charge in [-0.3, -0.25) is 14.6 Å². The number of ketones is 2. The number of thioether (sulfide) groups is 1. The Kier molecular flexibility index (Phi) is 4.18. The third-order valence-electron chi connectivity index (χ3n) is 4.51. The molecule has 0 aliphatic carbocycles.